The number of fused-ring (bicyclic) bond motifs is 1. The zero-order chi connectivity index (χ0) is 22.5. The first kappa shape index (κ1) is 21.2. The summed E-state index contributed by atoms with van der Waals surface area (Å²) in [5, 5.41) is 1.73. The monoisotopic (exact) mass is 426 g/mol. The van der Waals surface area contributed by atoms with Crippen molar-refractivity contribution in [3.8, 4) is 23.7 Å². The molecule has 4 heteroatoms. The predicted octanol–water partition coefficient (Wildman–Crippen LogP) is 6.20. The largest absolute Gasteiger partial charge is 0.380 e. The Morgan fingerprint density at radius 3 is 1.81 bits per heavy atom. The Kier molecular flexibility index (Phi) is 6.26. The van der Waals surface area contributed by atoms with Crippen molar-refractivity contribution in [2.75, 3.05) is 7.11 Å². The Bertz CT molecular complexity index is 1390. The van der Waals surface area contributed by atoms with Gasteiger partial charge in [-0.25, -0.2) is 13.2 Å². The molecular weight excluding hydrogens is 409 g/mol. The van der Waals surface area contributed by atoms with Gasteiger partial charge in [0.15, 0.2) is 0 Å². The van der Waals surface area contributed by atoms with E-state index in [1.807, 2.05) is 18.2 Å². The first-order valence-corrected chi connectivity index (χ1v) is 9.82. The van der Waals surface area contributed by atoms with E-state index in [1.54, 1.807) is 30.3 Å². The van der Waals surface area contributed by atoms with Crippen molar-refractivity contribution >= 4 is 10.8 Å². The molecule has 0 aliphatic carbocycles. The summed E-state index contributed by atoms with van der Waals surface area (Å²) in [6, 6.07) is 19.7. The fourth-order valence-electron chi connectivity index (χ4n) is 3.21. The van der Waals surface area contributed by atoms with Crippen LogP contribution in [-0.2, 0) is 11.3 Å². The molecule has 0 aliphatic heterocycles. The van der Waals surface area contributed by atoms with Gasteiger partial charge in [0, 0.05) is 23.8 Å². The van der Waals surface area contributed by atoms with Crippen LogP contribution in [0.25, 0.3) is 10.8 Å². The summed E-state index contributed by atoms with van der Waals surface area (Å²) in [5.41, 5.74) is 2.34. The number of rotatable bonds is 2. The third-order valence-corrected chi connectivity index (χ3v) is 4.78. The van der Waals surface area contributed by atoms with E-state index >= 15 is 0 Å². The van der Waals surface area contributed by atoms with Crippen LogP contribution < -0.4 is 0 Å². The fourth-order valence-corrected chi connectivity index (χ4v) is 3.21. The molecule has 0 saturated heterocycles. The molecule has 4 aromatic carbocycles. The molecule has 0 fully saturated rings. The molecule has 0 saturated carbocycles. The Morgan fingerprint density at radius 1 is 0.625 bits per heavy atom. The van der Waals surface area contributed by atoms with Crippen molar-refractivity contribution < 1.29 is 17.9 Å². The molecule has 0 unspecified atom stereocenters. The Hall–Kier alpha value is -3.99. The highest BCUT2D eigenvalue weighted by molar-refractivity contribution is 5.84. The second-order valence-electron chi connectivity index (χ2n) is 7.15. The van der Waals surface area contributed by atoms with Gasteiger partial charge in [-0.1, -0.05) is 35.8 Å². The summed E-state index contributed by atoms with van der Waals surface area (Å²) < 4.78 is 46.5. The predicted molar refractivity (Wildman–Crippen MR) is 119 cm³/mol. The minimum Gasteiger partial charge on any atom is -0.380 e. The molecule has 0 aliphatic rings. The molecule has 0 atom stereocenters. The lowest BCUT2D eigenvalue weighted by atomic mass is 10.1. The van der Waals surface area contributed by atoms with Gasteiger partial charge in [-0.05, 0) is 77.0 Å². The summed E-state index contributed by atoms with van der Waals surface area (Å²) in [7, 11) is 1.46. The third kappa shape index (κ3) is 5.01. The van der Waals surface area contributed by atoms with Gasteiger partial charge in [-0.3, -0.25) is 0 Å². The first-order valence-electron chi connectivity index (χ1n) is 9.82. The highest BCUT2D eigenvalue weighted by atomic mass is 19.1. The lowest BCUT2D eigenvalue weighted by molar-refractivity contribution is 0.184. The van der Waals surface area contributed by atoms with Gasteiger partial charge >= 0.3 is 0 Å². The van der Waals surface area contributed by atoms with E-state index in [2.05, 4.69) is 23.7 Å². The topological polar surface area (TPSA) is 9.23 Å². The van der Waals surface area contributed by atoms with Gasteiger partial charge in [-0.2, -0.15) is 0 Å². The van der Waals surface area contributed by atoms with Crippen molar-refractivity contribution in [3.05, 3.63) is 118 Å². The van der Waals surface area contributed by atoms with Crippen LogP contribution in [0.3, 0.4) is 0 Å². The summed E-state index contributed by atoms with van der Waals surface area (Å²) in [6.45, 7) is 0.127. The van der Waals surface area contributed by atoms with Gasteiger partial charge in [0.1, 0.15) is 17.5 Å². The maximum absolute atomic E-state index is 14.1. The van der Waals surface area contributed by atoms with Crippen LogP contribution in [0.5, 0.6) is 0 Å². The molecule has 0 amide bonds. The van der Waals surface area contributed by atoms with E-state index in [0.29, 0.717) is 11.1 Å². The van der Waals surface area contributed by atoms with E-state index < -0.39 is 11.6 Å². The van der Waals surface area contributed by atoms with Crippen molar-refractivity contribution in [2.45, 2.75) is 6.61 Å². The van der Waals surface area contributed by atoms with Gasteiger partial charge < -0.3 is 4.74 Å². The number of halogens is 3. The zero-order valence-corrected chi connectivity index (χ0v) is 17.2. The SMILES string of the molecule is COCc1cc(F)c(C#Cc2ccc(C#Cc3ccc4cc(F)ccc4c3)cc2)c(F)c1. The van der Waals surface area contributed by atoms with Crippen LogP contribution in [0.4, 0.5) is 13.2 Å². The van der Waals surface area contributed by atoms with E-state index in [-0.39, 0.29) is 18.0 Å². The minimum atomic E-state index is -0.717. The van der Waals surface area contributed by atoms with Gasteiger partial charge in [0.2, 0.25) is 0 Å². The number of ether oxygens (including phenoxy) is 1. The smallest absolute Gasteiger partial charge is 0.142 e. The quantitative estimate of drug-likeness (QED) is 0.347. The lowest BCUT2D eigenvalue weighted by Gasteiger charge is -2.03. The molecule has 0 bridgehead atoms. The highest BCUT2D eigenvalue weighted by Crippen LogP contribution is 2.18. The Balaban J connectivity index is 1.51. The maximum Gasteiger partial charge on any atom is 0.142 e. The van der Waals surface area contributed by atoms with Crippen LogP contribution in [-0.4, -0.2) is 7.11 Å². The standard InChI is InChI=1S/C28H17F3O/c1-32-18-22-15-27(30)26(28(31)16-22)13-9-20-4-2-19(3-5-20)6-7-21-8-10-24-17-25(29)12-11-23(24)14-21/h2-5,8,10-12,14-17H,18H2,1H3. The van der Waals surface area contributed by atoms with Crippen molar-refractivity contribution in [2.24, 2.45) is 0 Å². The minimum absolute atomic E-state index is 0.127. The molecule has 156 valence electrons. The van der Waals surface area contributed by atoms with Gasteiger partial charge in [0.25, 0.3) is 0 Å². The van der Waals surface area contributed by atoms with Crippen LogP contribution in [0, 0.1) is 41.1 Å². The third-order valence-electron chi connectivity index (χ3n) is 4.78. The summed E-state index contributed by atoms with van der Waals surface area (Å²) in [4.78, 5) is 0. The van der Waals surface area contributed by atoms with Gasteiger partial charge in [0.05, 0.1) is 12.2 Å². The summed E-state index contributed by atoms with van der Waals surface area (Å²) in [6.07, 6.45) is 0. The fraction of sp³-hybridized carbons (Fsp3) is 0.0714. The zero-order valence-electron chi connectivity index (χ0n) is 17.2. The molecule has 4 aromatic rings. The van der Waals surface area contributed by atoms with Crippen LogP contribution >= 0.6 is 0 Å². The van der Waals surface area contributed by atoms with E-state index in [9.17, 15) is 13.2 Å². The molecule has 0 spiro atoms. The van der Waals surface area contributed by atoms with Crippen LogP contribution in [0.2, 0.25) is 0 Å². The highest BCUT2D eigenvalue weighted by Gasteiger charge is 2.09. The molecular formula is C28H17F3O. The maximum atomic E-state index is 14.1. The second-order valence-corrected chi connectivity index (χ2v) is 7.15. The lowest BCUT2D eigenvalue weighted by Crippen LogP contribution is -1.96. The summed E-state index contributed by atoms with van der Waals surface area (Å²) >= 11 is 0. The van der Waals surface area contributed by atoms with Crippen molar-refractivity contribution in [1.82, 2.24) is 0 Å². The Labute approximate surface area is 184 Å². The molecule has 4 rings (SSSR count). The van der Waals surface area contributed by atoms with E-state index in [4.69, 9.17) is 4.74 Å². The molecule has 0 aromatic heterocycles. The molecule has 1 nitrogen and oxygen atoms in total. The van der Waals surface area contributed by atoms with Crippen molar-refractivity contribution in [3.63, 3.8) is 0 Å². The number of hydrogen-bond acceptors (Lipinski definition) is 1. The van der Waals surface area contributed by atoms with E-state index in [1.165, 1.54) is 31.4 Å². The number of methoxy groups -OCH3 is 1. The van der Waals surface area contributed by atoms with Gasteiger partial charge in [-0.15, -0.1) is 0 Å². The van der Waals surface area contributed by atoms with E-state index in [0.717, 1.165) is 21.9 Å². The Morgan fingerprint density at radius 2 is 1.16 bits per heavy atom. The first-order chi connectivity index (χ1) is 15.5. The molecule has 32 heavy (non-hydrogen) atoms. The molecule has 0 radical (unpaired) electrons. The van der Waals surface area contributed by atoms with Crippen LogP contribution in [0.1, 0.15) is 27.8 Å². The van der Waals surface area contributed by atoms with Crippen LogP contribution in [0.15, 0.2) is 72.8 Å². The second kappa shape index (κ2) is 9.43. The average Bonchev–Trinajstić information content (AvgIpc) is 2.78. The summed E-state index contributed by atoms with van der Waals surface area (Å²) in [5.74, 6) is 9.79. The number of hydrogen-bond donors (Lipinski definition) is 0. The number of benzene rings is 4. The molecule has 0 N–H and O–H groups in total. The van der Waals surface area contributed by atoms with Crippen molar-refractivity contribution in [1.29, 1.82) is 0 Å². The molecule has 0 heterocycles. The average molecular weight is 426 g/mol. The normalized spacial score (nSPS) is 10.2.